The van der Waals surface area contributed by atoms with E-state index >= 15 is 0 Å². The first-order valence-corrected chi connectivity index (χ1v) is 12.0. The van der Waals surface area contributed by atoms with Gasteiger partial charge in [0.2, 0.25) is 5.91 Å². The maximum Gasteiger partial charge on any atom is 0.240 e. The van der Waals surface area contributed by atoms with Crippen LogP contribution in [0.4, 0.5) is 0 Å². The van der Waals surface area contributed by atoms with Crippen molar-refractivity contribution >= 4 is 27.7 Å². The highest BCUT2D eigenvalue weighted by Crippen LogP contribution is 2.22. The van der Waals surface area contributed by atoms with Crippen LogP contribution >= 0.6 is 0 Å². The molecule has 5 nitrogen and oxygen atoms in total. The second-order valence-electron chi connectivity index (χ2n) is 8.89. The summed E-state index contributed by atoms with van der Waals surface area (Å²) in [6, 6.07) is 32.6. The van der Waals surface area contributed by atoms with Crippen molar-refractivity contribution in [3.05, 3.63) is 108 Å². The van der Waals surface area contributed by atoms with Crippen molar-refractivity contribution in [2.45, 2.75) is 39.0 Å². The van der Waals surface area contributed by atoms with Crippen molar-refractivity contribution in [1.29, 1.82) is 0 Å². The Morgan fingerprint density at radius 2 is 1.66 bits per heavy atom. The molecule has 35 heavy (non-hydrogen) atoms. The summed E-state index contributed by atoms with van der Waals surface area (Å²) in [6.07, 6.45) is 1.82. The third kappa shape index (κ3) is 5.52. The number of rotatable bonds is 9. The molecule has 0 aliphatic carbocycles. The lowest BCUT2D eigenvalue weighted by molar-refractivity contribution is -0.122. The molecule has 4 aromatic carbocycles. The van der Waals surface area contributed by atoms with Crippen LogP contribution in [0.3, 0.4) is 0 Å². The van der Waals surface area contributed by atoms with E-state index in [4.69, 9.17) is 9.72 Å². The summed E-state index contributed by atoms with van der Waals surface area (Å²) in [5.74, 6) is 1.48. The molecule has 0 aliphatic rings. The Labute approximate surface area is 205 Å². The van der Waals surface area contributed by atoms with Crippen LogP contribution in [0.25, 0.3) is 21.8 Å². The molecule has 1 heterocycles. The number of benzene rings is 4. The second kappa shape index (κ2) is 10.4. The maximum absolute atomic E-state index is 12.9. The molecule has 0 radical (unpaired) electrons. The predicted octanol–water partition coefficient (Wildman–Crippen LogP) is 5.91. The van der Waals surface area contributed by atoms with Gasteiger partial charge in [-0.2, -0.15) is 0 Å². The number of nitrogens with one attached hydrogen (secondary N) is 1. The first-order chi connectivity index (χ1) is 17.2. The van der Waals surface area contributed by atoms with E-state index in [1.165, 1.54) is 10.9 Å². The minimum atomic E-state index is -0.0272. The molecule has 176 valence electrons. The molecule has 0 saturated heterocycles. The van der Waals surface area contributed by atoms with E-state index in [-0.39, 0.29) is 25.1 Å². The lowest BCUT2D eigenvalue weighted by Crippen LogP contribution is -2.35. The summed E-state index contributed by atoms with van der Waals surface area (Å²) in [5, 5.41) is 5.44. The SMILES string of the molecule is C[C@H](CCc1ccccc1)NC(=O)Cn1c(COc2ccc3ccccc3c2)nc2ccccc21. The predicted molar refractivity (Wildman–Crippen MR) is 140 cm³/mol. The zero-order chi connectivity index (χ0) is 24.0. The molecule has 5 heteroatoms. The molecule has 1 N–H and O–H groups in total. The Hall–Kier alpha value is -4.12. The van der Waals surface area contributed by atoms with Crippen LogP contribution in [0.2, 0.25) is 0 Å². The first kappa shape index (κ1) is 22.7. The highest BCUT2D eigenvalue weighted by molar-refractivity contribution is 5.84. The molecule has 0 saturated carbocycles. The van der Waals surface area contributed by atoms with E-state index in [0.717, 1.165) is 40.8 Å². The van der Waals surface area contributed by atoms with Gasteiger partial charge in [-0.3, -0.25) is 4.79 Å². The molecule has 0 spiro atoms. The van der Waals surface area contributed by atoms with E-state index in [0.29, 0.717) is 0 Å². The number of aryl methyl sites for hydroxylation is 1. The summed E-state index contributed by atoms with van der Waals surface area (Å²) in [4.78, 5) is 17.7. The Kier molecular flexibility index (Phi) is 6.75. The number of ether oxygens (including phenoxy) is 1. The molecule has 0 unspecified atom stereocenters. The minimum absolute atomic E-state index is 0.0272. The van der Waals surface area contributed by atoms with E-state index in [2.05, 4.69) is 42.6 Å². The van der Waals surface area contributed by atoms with Crippen LogP contribution in [0.15, 0.2) is 97.1 Å². The van der Waals surface area contributed by atoms with Crippen molar-refractivity contribution in [3.8, 4) is 5.75 Å². The van der Waals surface area contributed by atoms with Crippen molar-refractivity contribution in [3.63, 3.8) is 0 Å². The quantitative estimate of drug-likeness (QED) is 0.296. The van der Waals surface area contributed by atoms with E-state index < -0.39 is 0 Å². The van der Waals surface area contributed by atoms with Gasteiger partial charge in [0.1, 0.15) is 24.7 Å². The topological polar surface area (TPSA) is 56.2 Å². The normalized spacial score (nSPS) is 12.0. The monoisotopic (exact) mass is 463 g/mol. The Balaban J connectivity index is 1.27. The Bertz CT molecular complexity index is 1440. The number of carbonyl (C=O) groups is 1. The lowest BCUT2D eigenvalue weighted by Gasteiger charge is -2.16. The van der Waals surface area contributed by atoms with E-state index in [1.807, 2.05) is 71.3 Å². The van der Waals surface area contributed by atoms with Gasteiger partial charge in [-0.15, -0.1) is 0 Å². The molecule has 5 aromatic rings. The van der Waals surface area contributed by atoms with Gasteiger partial charge in [0.05, 0.1) is 11.0 Å². The van der Waals surface area contributed by atoms with Crippen molar-refractivity contribution in [2.24, 2.45) is 0 Å². The number of fused-ring (bicyclic) bond motifs is 2. The van der Waals surface area contributed by atoms with Gasteiger partial charge in [-0.05, 0) is 60.4 Å². The molecule has 1 atom stereocenters. The van der Waals surface area contributed by atoms with Gasteiger partial charge in [-0.1, -0.05) is 72.8 Å². The van der Waals surface area contributed by atoms with Crippen LogP contribution in [0.5, 0.6) is 5.75 Å². The van der Waals surface area contributed by atoms with Crippen LogP contribution in [-0.2, 0) is 24.4 Å². The largest absolute Gasteiger partial charge is 0.486 e. The summed E-state index contributed by atoms with van der Waals surface area (Å²) in [5.41, 5.74) is 3.06. The highest BCUT2D eigenvalue weighted by Gasteiger charge is 2.16. The van der Waals surface area contributed by atoms with Gasteiger partial charge >= 0.3 is 0 Å². The van der Waals surface area contributed by atoms with Crippen molar-refractivity contribution in [1.82, 2.24) is 14.9 Å². The molecule has 5 rings (SSSR count). The van der Waals surface area contributed by atoms with Crippen LogP contribution in [-0.4, -0.2) is 21.5 Å². The molecule has 1 aromatic heterocycles. The summed E-state index contributed by atoms with van der Waals surface area (Å²) < 4.78 is 8.06. The second-order valence-corrected chi connectivity index (χ2v) is 8.89. The summed E-state index contributed by atoms with van der Waals surface area (Å²) in [7, 11) is 0. The third-order valence-electron chi connectivity index (χ3n) is 6.24. The summed E-state index contributed by atoms with van der Waals surface area (Å²) in [6.45, 7) is 2.53. The molecule has 0 fully saturated rings. The van der Waals surface area contributed by atoms with Crippen molar-refractivity contribution in [2.75, 3.05) is 0 Å². The molecular weight excluding hydrogens is 434 g/mol. The highest BCUT2D eigenvalue weighted by atomic mass is 16.5. The maximum atomic E-state index is 12.9. The Morgan fingerprint density at radius 3 is 2.51 bits per heavy atom. The van der Waals surface area contributed by atoms with Gasteiger partial charge in [0.25, 0.3) is 0 Å². The lowest BCUT2D eigenvalue weighted by atomic mass is 10.1. The van der Waals surface area contributed by atoms with Gasteiger partial charge in [0.15, 0.2) is 0 Å². The average molecular weight is 464 g/mol. The number of hydrogen-bond donors (Lipinski definition) is 1. The third-order valence-corrected chi connectivity index (χ3v) is 6.24. The fourth-order valence-corrected chi connectivity index (χ4v) is 4.38. The first-order valence-electron chi connectivity index (χ1n) is 12.0. The van der Waals surface area contributed by atoms with Gasteiger partial charge in [-0.25, -0.2) is 4.98 Å². The number of hydrogen-bond acceptors (Lipinski definition) is 3. The standard InChI is InChI=1S/C30H29N3O2/c1-22(15-16-23-9-3-2-4-10-23)31-30(34)20-33-28-14-8-7-13-27(28)32-29(33)21-35-26-18-17-24-11-5-6-12-25(24)19-26/h2-14,17-19,22H,15-16,20-21H2,1H3,(H,31,34)/t22-/m1/s1. The summed E-state index contributed by atoms with van der Waals surface area (Å²) >= 11 is 0. The zero-order valence-electron chi connectivity index (χ0n) is 19.9. The van der Waals surface area contributed by atoms with Crippen LogP contribution in [0.1, 0.15) is 24.7 Å². The fourth-order valence-electron chi connectivity index (χ4n) is 4.38. The van der Waals surface area contributed by atoms with Gasteiger partial charge < -0.3 is 14.6 Å². The van der Waals surface area contributed by atoms with E-state index in [9.17, 15) is 4.79 Å². The van der Waals surface area contributed by atoms with Crippen LogP contribution < -0.4 is 10.1 Å². The number of aromatic nitrogens is 2. The number of para-hydroxylation sites is 2. The number of nitrogens with zero attached hydrogens (tertiary/aromatic N) is 2. The number of carbonyl (C=O) groups excluding carboxylic acids is 1. The van der Waals surface area contributed by atoms with E-state index in [1.54, 1.807) is 0 Å². The smallest absolute Gasteiger partial charge is 0.240 e. The molecule has 1 amide bonds. The minimum Gasteiger partial charge on any atom is -0.486 e. The molecule has 0 aliphatic heterocycles. The fraction of sp³-hybridized carbons (Fsp3) is 0.200. The Morgan fingerprint density at radius 1 is 0.914 bits per heavy atom. The number of amides is 1. The van der Waals surface area contributed by atoms with Crippen molar-refractivity contribution < 1.29 is 9.53 Å². The molecule has 0 bridgehead atoms. The van der Waals surface area contributed by atoms with Gasteiger partial charge in [0, 0.05) is 6.04 Å². The van der Waals surface area contributed by atoms with Crippen LogP contribution in [0, 0.1) is 0 Å². The molecular formula is C30H29N3O2. The zero-order valence-corrected chi connectivity index (χ0v) is 19.9. The average Bonchev–Trinajstić information content (AvgIpc) is 3.23. The number of imidazole rings is 1.